The number of unbranched alkanes of at least 4 members (excludes halogenated alkanes) is 17. The molecule has 0 aliphatic carbocycles. The van der Waals surface area contributed by atoms with Gasteiger partial charge in [-0.25, -0.2) is 0 Å². The van der Waals surface area contributed by atoms with Crippen LogP contribution in [0.15, 0.2) is 85.1 Å². The number of hydrogen-bond donors (Lipinski definition) is 0. The van der Waals surface area contributed by atoms with Crippen LogP contribution in [-0.2, 0) is 28.6 Å². The van der Waals surface area contributed by atoms with Crippen molar-refractivity contribution in [3.63, 3.8) is 0 Å². The summed E-state index contributed by atoms with van der Waals surface area (Å²) in [4.78, 5) is 36.9. The first kappa shape index (κ1) is 56.5. The summed E-state index contributed by atoms with van der Waals surface area (Å²) in [6, 6.07) is -0.744. The Morgan fingerprint density at radius 1 is 0.533 bits per heavy atom. The fraction of sp³-hybridized carbons (Fsp3) is 0.673. The number of hydrogen-bond acceptors (Lipinski definition) is 7. The van der Waals surface area contributed by atoms with Crippen LogP contribution in [-0.4, -0.2) is 75.5 Å². The number of allylic oxidation sites excluding steroid dienone is 14. The highest BCUT2D eigenvalue weighted by atomic mass is 16.6. The summed E-state index contributed by atoms with van der Waals surface area (Å²) in [6.07, 6.45) is 54.9. The van der Waals surface area contributed by atoms with Crippen molar-refractivity contribution in [2.45, 2.75) is 187 Å². The van der Waals surface area contributed by atoms with Gasteiger partial charge < -0.3 is 28.6 Å². The van der Waals surface area contributed by atoms with E-state index in [0.717, 1.165) is 38.5 Å². The molecular weight excluding hydrogens is 751 g/mol. The van der Waals surface area contributed by atoms with E-state index < -0.39 is 24.1 Å². The molecule has 2 unspecified atom stereocenters. The van der Waals surface area contributed by atoms with Crippen LogP contribution in [0.25, 0.3) is 0 Å². The van der Waals surface area contributed by atoms with Gasteiger partial charge in [0.25, 0.3) is 0 Å². The van der Waals surface area contributed by atoms with E-state index in [4.69, 9.17) is 14.2 Å². The third-order valence-electron chi connectivity index (χ3n) is 10.1. The molecule has 0 saturated heterocycles. The van der Waals surface area contributed by atoms with Crippen LogP contribution in [0.2, 0.25) is 0 Å². The van der Waals surface area contributed by atoms with E-state index in [0.29, 0.717) is 19.3 Å². The lowest BCUT2D eigenvalue weighted by molar-refractivity contribution is -0.889. The maximum Gasteiger partial charge on any atom is 0.306 e. The molecular formula is C52H87NO7. The topological polar surface area (TPSA) is 102 Å². The second kappa shape index (κ2) is 42.2. The third kappa shape index (κ3) is 39.9. The molecule has 0 aliphatic rings. The lowest BCUT2D eigenvalue weighted by atomic mass is 10.1. The molecule has 0 N–H and O–H groups in total. The molecule has 0 aliphatic heterocycles. The highest BCUT2D eigenvalue weighted by Gasteiger charge is 2.25. The van der Waals surface area contributed by atoms with Gasteiger partial charge in [0.2, 0.25) is 0 Å². The number of likely N-dealkylation sites (N-methyl/N-ethyl adjacent to an activating group) is 1. The zero-order valence-electron chi connectivity index (χ0n) is 38.8. The van der Waals surface area contributed by atoms with Crippen molar-refractivity contribution >= 4 is 17.9 Å². The Morgan fingerprint density at radius 2 is 1.02 bits per heavy atom. The number of esters is 2. The van der Waals surface area contributed by atoms with Crippen molar-refractivity contribution in [1.82, 2.24) is 0 Å². The molecule has 8 nitrogen and oxygen atoms in total. The average molecular weight is 838 g/mol. The van der Waals surface area contributed by atoms with Crippen LogP contribution in [0.5, 0.6) is 0 Å². The van der Waals surface area contributed by atoms with Crippen molar-refractivity contribution in [2.75, 3.05) is 41.0 Å². The molecule has 0 fully saturated rings. The number of carbonyl (C=O) groups is 3. The highest BCUT2D eigenvalue weighted by Crippen LogP contribution is 2.13. The number of quaternary nitrogens is 1. The number of carboxylic acid groups (broad SMARTS) is 1. The van der Waals surface area contributed by atoms with E-state index in [1.807, 2.05) is 54.7 Å². The third-order valence-corrected chi connectivity index (χ3v) is 10.1. The molecule has 8 heteroatoms. The molecule has 342 valence electrons. The second-order valence-electron chi connectivity index (χ2n) is 16.7. The SMILES string of the molecule is CC/C=C/C=C/C=C/C=C/C=C/CCCC(=O)OC(COCCC(C(=O)[O-])[N+](C)(C)C)COC(=O)CCCCCCCCC/C=C/C/C=C/CCCCCCCCCCC. The second-order valence-corrected chi connectivity index (χ2v) is 16.7. The molecule has 0 heterocycles. The van der Waals surface area contributed by atoms with Crippen molar-refractivity contribution < 1.29 is 38.2 Å². The minimum Gasteiger partial charge on any atom is -0.544 e. The maximum atomic E-state index is 12.7. The van der Waals surface area contributed by atoms with Gasteiger partial charge in [0.15, 0.2) is 6.10 Å². The zero-order valence-corrected chi connectivity index (χ0v) is 38.8. The number of rotatable bonds is 41. The summed E-state index contributed by atoms with van der Waals surface area (Å²) in [5.41, 5.74) is 0. The minimum absolute atomic E-state index is 0.00447. The summed E-state index contributed by atoms with van der Waals surface area (Å²) in [5.74, 6) is -1.85. The van der Waals surface area contributed by atoms with Crippen LogP contribution in [0.3, 0.4) is 0 Å². The lowest BCUT2D eigenvalue weighted by Gasteiger charge is -2.34. The Balaban J connectivity index is 4.33. The van der Waals surface area contributed by atoms with Gasteiger partial charge in [-0.1, -0.05) is 182 Å². The lowest BCUT2D eigenvalue weighted by Crippen LogP contribution is -2.55. The first-order valence-electron chi connectivity index (χ1n) is 23.7. The molecule has 0 rings (SSSR count). The zero-order chi connectivity index (χ0) is 44.2. The van der Waals surface area contributed by atoms with Crippen molar-refractivity contribution in [3.05, 3.63) is 85.1 Å². The number of carbonyl (C=O) groups excluding carboxylic acids is 3. The fourth-order valence-electron chi connectivity index (χ4n) is 6.48. The Morgan fingerprint density at radius 3 is 1.55 bits per heavy atom. The number of nitrogens with zero attached hydrogens (tertiary/aromatic N) is 1. The van der Waals surface area contributed by atoms with Crippen LogP contribution < -0.4 is 5.11 Å². The standard InChI is InChI=1S/C52H87NO7/c1-6-8-10-12-14-16-18-20-21-22-23-24-25-26-27-28-29-31-32-34-36-38-40-42-50(54)59-47-48(46-58-45-44-49(52(56)57)53(3,4)5)60-51(55)43-41-39-37-35-33-30-19-17-15-13-11-9-7-2/h9,11,13,15,17,19,23-24,26-27,30,33,35,37,48-49H,6-8,10,12,14,16,18,20-22,25,28-29,31-32,34,36,38-47H2,1-5H3/b11-9+,15-13+,19-17+,24-23+,27-26+,33-30+,37-35+. The molecule has 0 bridgehead atoms. The molecule has 2 atom stereocenters. The molecule has 0 amide bonds. The molecule has 0 aromatic rings. The molecule has 60 heavy (non-hydrogen) atoms. The average Bonchev–Trinajstić information content (AvgIpc) is 3.21. The van der Waals surface area contributed by atoms with E-state index in [-0.39, 0.29) is 43.1 Å². The Labute approximate surface area is 367 Å². The van der Waals surface area contributed by atoms with Gasteiger partial charge in [0.05, 0.1) is 40.3 Å². The van der Waals surface area contributed by atoms with Gasteiger partial charge in [-0.2, -0.15) is 0 Å². The number of aliphatic carboxylic acids is 1. The van der Waals surface area contributed by atoms with Gasteiger partial charge in [0, 0.05) is 19.3 Å². The molecule has 0 aromatic heterocycles. The van der Waals surface area contributed by atoms with Crippen LogP contribution in [0.4, 0.5) is 0 Å². The summed E-state index contributed by atoms with van der Waals surface area (Å²) in [7, 11) is 5.37. The van der Waals surface area contributed by atoms with E-state index in [2.05, 4.69) is 44.2 Å². The van der Waals surface area contributed by atoms with Gasteiger partial charge in [0.1, 0.15) is 12.6 Å². The predicted octanol–water partition coefficient (Wildman–Crippen LogP) is 12.0. The van der Waals surface area contributed by atoms with E-state index in [1.54, 1.807) is 21.1 Å². The molecule has 0 spiro atoms. The molecule has 0 radical (unpaired) electrons. The largest absolute Gasteiger partial charge is 0.544 e. The van der Waals surface area contributed by atoms with Crippen LogP contribution >= 0.6 is 0 Å². The summed E-state index contributed by atoms with van der Waals surface area (Å²) in [6.45, 7) is 4.42. The minimum atomic E-state index is -1.14. The highest BCUT2D eigenvalue weighted by molar-refractivity contribution is 5.70. The fourth-order valence-corrected chi connectivity index (χ4v) is 6.48. The van der Waals surface area contributed by atoms with Crippen LogP contribution in [0.1, 0.15) is 174 Å². The van der Waals surface area contributed by atoms with Crippen molar-refractivity contribution in [1.29, 1.82) is 0 Å². The molecule has 0 saturated carbocycles. The van der Waals surface area contributed by atoms with Gasteiger partial charge in [-0.15, -0.1) is 0 Å². The smallest absolute Gasteiger partial charge is 0.306 e. The first-order chi connectivity index (χ1) is 29.1. The van der Waals surface area contributed by atoms with E-state index in [9.17, 15) is 19.5 Å². The summed E-state index contributed by atoms with van der Waals surface area (Å²) >= 11 is 0. The number of ether oxygens (including phenoxy) is 3. The van der Waals surface area contributed by atoms with Crippen molar-refractivity contribution in [3.8, 4) is 0 Å². The Kier molecular flexibility index (Phi) is 39.8. The Hall–Kier alpha value is -3.49. The molecule has 0 aromatic carbocycles. The van der Waals surface area contributed by atoms with Gasteiger partial charge in [-0.3, -0.25) is 9.59 Å². The Bertz CT molecular complexity index is 1250. The number of carboxylic acids is 1. The van der Waals surface area contributed by atoms with Gasteiger partial charge in [-0.05, 0) is 57.8 Å². The summed E-state index contributed by atoms with van der Waals surface area (Å²) < 4.78 is 17.1. The first-order valence-corrected chi connectivity index (χ1v) is 23.7. The van der Waals surface area contributed by atoms with Gasteiger partial charge >= 0.3 is 11.9 Å². The summed E-state index contributed by atoms with van der Waals surface area (Å²) in [5, 5.41) is 11.6. The maximum absolute atomic E-state index is 12.7. The van der Waals surface area contributed by atoms with Crippen molar-refractivity contribution in [2.24, 2.45) is 0 Å². The predicted molar refractivity (Wildman–Crippen MR) is 249 cm³/mol. The van der Waals surface area contributed by atoms with E-state index in [1.165, 1.54) is 89.9 Å². The monoisotopic (exact) mass is 838 g/mol. The quantitative estimate of drug-likeness (QED) is 0.0199. The van der Waals surface area contributed by atoms with E-state index >= 15 is 0 Å². The normalized spacial score (nSPS) is 13.7. The van der Waals surface area contributed by atoms with Crippen LogP contribution in [0, 0.1) is 0 Å².